The molecule has 0 aromatic heterocycles. The maximum absolute atomic E-state index is 5.47. The monoisotopic (exact) mass is 189 g/mol. The van der Waals surface area contributed by atoms with Crippen LogP contribution in [0.2, 0.25) is 0 Å². The topological polar surface area (TPSA) is 21.6 Å². The third kappa shape index (κ3) is 1.85. The normalized spacial score (nSPS) is 18.2. The average Bonchev–Trinajstić information content (AvgIpc) is 2.26. The van der Waals surface area contributed by atoms with Crippen LogP contribution in [0.15, 0.2) is 29.3 Å². The highest BCUT2D eigenvalue weighted by atomic mass is 16.5. The molecule has 1 heterocycles. The fourth-order valence-corrected chi connectivity index (χ4v) is 1.64. The van der Waals surface area contributed by atoms with Crippen LogP contribution in [0.5, 0.6) is 0 Å². The van der Waals surface area contributed by atoms with Crippen LogP contribution in [0.4, 0.5) is 0 Å². The lowest BCUT2D eigenvalue weighted by molar-refractivity contribution is 0.152. The van der Waals surface area contributed by atoms with Crippen LogP contribution >= 0.6 is 0 Å². The first-order chi connectivity index (χ1) is 6.92. The van der Waals surface area contributed by atoms with Crippen molar-refractivity contribution in [3.05, 3.63) is 35.4 Å². The Bertz CT molecular complexity index is 344. The van der Waals surface area contributed by atoms with Crippen molar-refractivity contribution in [1.29, 1.82) is 0 Å². The lowest BCUT2D eigenvalue weighted by atomic mass is 10.0. The molecule has 0 spiro atoms. The average molecular weight is 189 g/mol. The predicted molar refractivity (Wildman–Crippen MR) is 57.8 cm³/mol. The van der Waals surface area contributed by atoms with E-state index in [0.29, 0.717) is 6.61 Å². The number of benzene rings is 1. The zero-order valence-corrected chi connectivity index (χ0v) is 8.49. The van der Waals surface area contributed by atoms with Crippen molar-refractivity contribution < 1.29 is 4.74 Å². The Morgan fingerprint density at radius 3 is 3.00 bits per heavy atom. The molecule has 0 saturated heterocycles. The Balaban J connectivity index is 2.31. The minimum atomic E-state index is 0.664. The third-order valence-electron chi connectivity index (χ3n) is 2.35. The van der Waals surface area contributed by atoms with Crippen LogP contribution in [0.25, 0.3) is 0 Å². The van der Waals surface area contributed by atoms with Gasteiger partial charge in [-0.2, -0.15) is 0 Å². The number of hydrogen-bond donors (Lipinski definition) is 0. The minimum absolute atomic E-state index is 0.664. The molecule has 2 nitrogen and oxygen atoms in total. The van der Waals surface area contributed by atoms with Crippen LogP contribution in [0, 0.1) is 0 Å². The van der Waals surface area contributed by atoms with Crippen molar-refractivity contribution in [2.45, 2.75) is 20.0 Å². The molecule has 0 saturated carbocycles. The Morgan fingerprint density at radius 1 is 1.29 bits per heavy atom. The van der Waals surface area contributed by atoms with Gasteiger partial charge in [-0.05, 0) is 12.0 Å². The molecule has 1 aromatic rings. The molecule has 1 aromatic carbocycles. The van der Waals surface area contributed by atoms with Crippen molar-refractivity contribution in [2.24, 2.45) is 4.99 Å². The van der Waals surface area contributed by atoms with Gasteiger partial charge < -0.3 is 4.74 Å². The fraction of sp³-hybridized carbons (Fsp3) is 0.417. The molecule has 1 aliphatic heterocycles. The van der Waals surface area contributed by atoms with Gasteiger partial charge >= 0.3 is 0 Å². The lowest BCUT2D eigenvalue weighted by Crippen LogP contribution is -2.19. The molecule has 0 atom stereocenters. The molecule has 0 fully saturated rings. The van der Waals surface area contributed by atoms with Gasteiger partial charge in [0.1, 0.15) is 0 Å². The molecule has 1 aliphatic rings. The number of fused-ring (bicyclic) bond motifs is 1. The molecule has 0 aliphatic carbocycles. The van der Waals surface area contributed by atoms with Gasteiger partial charge in [0.15, 0.2) is 0 Å². The highest BCUT2D eigenvalue weighted by Gasteiger charge is 2.14. The van der Waals surface area contributed by atoms with Crippen LogP contribution in [0.3, 0.4) is 0 Å². The smallest absolute Gasteiger partial charge is 0.0894 e. The Labute approximate surface area is 84.6 Å². The summed E-state index contributed by atoms with van der Waals surface area (Å²) in [5, 5.41) is 0. The summed E-state index contributed by atoms with van der Waals surface area (Å²) in [5.41, 5.74) is 3.63. The zero-order chi connectivity index (χ0) is 9.80. The second-order valence-electron chi connectivity index (χ2n) is 3.48. The van der Waals surface area contributed by atoms with E-state index in [1.165, 1.54) is 11.1 Å². The van der Waals surface area contributed by atoms with E-state index < -0.39 is 0 Å². The zero-order valence-electron chi connectivity index (χ0n) is 8.49. The standard InChI is InChI=1S/C12H15NO/c1-2-7-13-12-9-14-8-10-5-3-4-6-11(10)12/h3-6H,2,7-9H2,1H3. The van der Waals surface area contributed by atoms with E-state index in [2.05, 4.69) is 30.1 Å². The van der Waals surface area contributed by atoms with Crippen LogP contribution < -0.4 is 0 Å². The number of rotatable bonds is 2. The maximum Gasteiger partial charge on any atom is 0.0894 e. The SMILES string of the molecule is CCCN=C1COCc2ccccc21. The summed E-state index contributed by atoms with van der Waals surface area (Å²) < 4.78 is 5.47. The Hall–Kier alpha value is -1.15. The first-order valence-electron chi connectivity index (χ1n) is 5.11. The van der Waals surface area contributed by atoms with Crippen molar-refractivity contribution in [1.82, 2.24) is 0 Å². The summed E-state index contributed by atoms with van der Waals surface area (Å²) in [5.74, 6) is 0. The molecule has 0 bridgehead atoms. The van der Waals surface area contributed by atoms with E-state index >= 15 is 0 Å². The molecule has 0 radical (unpaired) electrons. The van der Waals surface area contributed by atoms with Gasteiger partial charge in [-0.25, -0.2) is 0 Å². The summed E-state index contributed by atoms with van der Waals surface area (Å²) in [6, 6.07) is 8.35. The Kier molecular flexibility index (Phi) is 2.94. The summed E-state index contributed by atoms with van der Waals surface area (Å²) in [6.45, 7) is 4.42. The van der Waals surface area contributed by atoms with Gasteiger partial charge in [0.2, 0.25) is 0 Å². The molecule has 2 rings (SSSR count). The van der Waals surface area contributed by atoms with Crippen molar-refractivity contribution in [2.75, 3.05) is 13.2 Å². The van der Waals surface area contributed by atoms with Gasteiger partial charge in [-0.3, -0.25) is 4.99 Å². The van der Waals surface area contributed by atoms with Gasteiger partial charge in [0.05, 0.1) is 18.9 Å². The van der Waals surface area contributed by atoms with Crippen LogP contribution in [-0.2, 0) is 11.3 Å². The van der Waals surface area contributed by atoms with Gasteiger partial charge in [0.25, 0.3) is 0 Å². The van der Waals surface area contributed by atoms with E-state index in [9.17, 15) is 0 Å². The second-order valence-corrected chi connectivity index (χ2v) is 3.48. The van der Waals surface area contributed by atoms with Gasteiger partial charge in [-0.1, -0.05) is 31.2 Å². The molecular formula is C12H15NO. The van der Waals surface area contributed by atoms with Crippen molar-refractivity contribution >= 4 is 5.71 Å². The van der Waals surface area contributed by atoms with Crippen LogP contribution in [0.1, 0.15) is 24.5 Å². The predicted octanol–water partition coefficient (Wildman–Crippen LogP) is 2.42. The summed E-state index contributed by atoms with van der Waals surface area (Å²) in [4.78, 5) is 4.53. The van der Waals surface area contributed by atoms with Gasteiger partial charge in [-0.15, -0.1) is 0 Å². The van der Waals surface area contributed by atoms with E-state index in [0.717, 1.165) is 25.3 Å². The number of hydrogen-bond acceptors (Lipinski definition) is 2. The van der Waals surface area contributed by atoms with E-state index in [1.54, 1.807) is 0 Å². The minimum Gasteiger partial charge on any atom is -0.370 e. The van der Waals surface area contributed by atoms with Crippen molar-refractivity contribution in [3.8, 4) is 0 Å². The van der Waals surface area contributed by atoms with E-state index in [-0.39, 0.29) is 0 Å². The first-order valence-corrected chi connectivity index (χ1v) is 5.11. The molecule has 0 N–H and O–H groups in total. The highest BCUT2D eigenvalue weighted by Crippen LogP contribution is 2.16. The molecule has 14 heavy (non-hydrogen) atoms. The summed E-state index contributed by atoms with van der Waals surface area (Å²) >= 11 is 0. The van der Waals surface area contributed by atoms with Crippen LogP contribution in [-0.4, -0.2) is 18.9 Å². The summed E-state index contributed by atoms with van der Waals surface area (Å²) in [7, 11) is 0. The van der Waals surface area contributed by atoms with E-state index in [1.807, 2.05) is 6.07 Å². The molecule has 2 heteroatoms. The quantitative estimate of drug-likeness (QED) is 0.700. The summed E-state index contributed by atoms with van der Waals surface area (Å²) in [6.07, 6.45) is 1.09. The molecule has 0 amide bonds. The number of ether oxygens (including phenoxy) is 1. The third-order valence-corrected chi connectivity index (χ3v) is 2.35. The molecule has 74 valence electrons. The number of aliphatic imine (C=N–C) groups is 1. The molecular weight excluding hydrogens is 174 g/mol. The first kappa shape index (κ1) is 9.41. The van der Waals surface area contributed by atoms with Crippen molar-refractivity contribution in [3.63, 3.8) is 0 Å². The lowest BCUT2D eigenvalue weighted by Gasteiger charge is -2.18. The largest absolute Gasteiger partial charge is 0.370 e. The van der Waals surface area contributed by atoms with Gasteiger partial charge in [0, 0.05) is 12.1 Å². The fourth-order valence-electron chi connectivity index (χ4n) is 1.64. The van der Waals surface area contributed by atoms with E-state index in [4.69, 9.17) is 4.74 Å². The second kappa shape index (κ2) is 4.38. The highest BCUT2D eigenvalue weighted by molar-refractivity contribution is 6.03. The Morgan fingerprint density at radius 2 is 2.14 bits per heavy atom. The molecule has 0 unspecified atom stereocenters. The number of nitrogens with zero attached hydrogens (tertiary/aromatic N) is 1. The maximum atomic E-state index is 5.47.